The highest BCUT2D eigenvalue weighted by molar-refractivity contribution is 7.09. The van der Waals surface area contributed by atoms with Gasteiger partial charge >= 0.3 is 0 Å². The molecule has 9 heteroatoms. The highest BCUT2D eigenvalue weighted by Gasteiger charge is 2.58. The minimum Gasteiger partial charge on any atom is -0.361 e. The number of rotatable bonds is 4. The van der Waals surface area contributed by atoms with E-state index in [0.717, 1.165) is 16.3 Å². The second-order valence-electron chi connectivity index (χ2n) is 8.06. The van der Waals surface area contributed by atoms with Crippen LogP contribution in [-0.4, -0.2) is 68.4 Å². The summed E-state index contributed by atoms with van der Waals surface area (Å²) >= 11 is 1.44. The lowest BCUT2D eigenvalue weighted by Crippen LogP contribution is -2.60. The van der Waals surface area contributed by atoms with E-state index in [4.69, 9.17) is 4.74 Å². The van der Waals surface area contributed by atoms with Crippen molar-refractivity contribution in [3.05, 3.63) is 76.3 Å². The second-order valence-corrected chi connectivity index (χ2v) is 9.12. The molecular weight excluding hydrogens is 426 g/mol. The molecule has 0 N–H and O–H groups in total. The number of ether oxygens (including phenoxy) is 1. The first-order valence-corrected chi connectivity index (χ1v) is 11.4. The predicted octanol–water partition coefficient (Wildman–Crippen LogP) is 2.28. The van der Waals surface area contributed by atoms with Crippen LogP contribution in [0.5, 0.6) is 0 Å². The molecule has 0 bridgehead atoms. The lowest BCUT2D eigenvalue weighted by Gasteiger charge is -2.42. The van der Waals surface area contributed by atoms with Gasteiger partial charge in [-0.1, -0.05) is 12.1 Å². The number of carbonyl (C=O) groups is 2. The van der Waals surface area contributed by atoms with Gasteiger partial charge in [-0.2, -0.15) is 0 Å². The highest BCUT2D eigenvalue weighted by Crippen LogP contribution is 2.42. The number of hydrogen-bond acceptors (Lipinski definition) is 7. The predicted molar refractivity (Wildman–Crippen MR) is 118 cm³/mol. The van der Waals surface area contributed by atoms with Crippen molar-refractivity contribution in [1.82, 2.24) is 24.8 Å². The van der Waals surface area contributed by atoms with E-state index in [2.05, 4.69) is 15.0 Å². The van der Waals surface area contributed by atoms with Crippen LogP contribution >= 0.6 is 11.3 Å². The molecule has 3 aromatic rings. The summed E-state index contributed by atoms with van der Waals surface area (Å²) in [5, 5.41) is 2.59. The molecule has 1 spiro atoms. The van der Waals surface area contributed by atoms with E-state index in [-0.39, 0.29) is 24.3 Å². The van der Waals surface area contributed by atoms with Crippen molar-refractivity contribution in [3.8, 4) is 0 Å². The molecule has 2 saturated heterocycles. The first-order chi connectivity index (χ1) is 15.6. The molecule has 32 heavy (non-hydrogen) atoms. The molecule has 0 radical (unpaired) electrons. The van der Waals surface area contributed by atoms with Crippen LogP contribution in [0.4, 0.5) is 0 Å². The molecule has 0 aliphatic carbocycles. The van der Waals surface area contributed by atoms with Crippen LogP contribution in [-0.2, 0) is 16.1 Å². The number of amides is 2. The number of hydrogen-bond donors (Lipinski definition) is 0. The number of thiazole rings is 1. The Labute approximate surface area is 189 Å². The molecule has 0 unspecified atom stereocenters. The summed E-state index contributed by atoms with van der Waals surface area (Å²) in [4.78, 5) is 43.5. The standard InChI is InChI=1S/C23H23N5O3S/c1-16-26-20(14-32-16)21(29)28-13-19(17-5-4-7-24-11-17)23(15-28)22(30)27(9-10-31-23)12-18-6-2-3-8-25-18/h2-8,11,14,19H,9-10,12-13,15H2,1H3/t19-,23-/m1/s1. The average Bonchev–Trinajstić information content (AvgIpc) is 3.42. The third-order valence-corrected chi connectivity index (χ3v) is 6.83. The maximum Gasteiger partial charge on any atom is 0.273 e. The molecule has 8 nitrogen and oxygen atoms in total. The fourth-order valence-corrected chi connectivity index (χ4v) is 5.12. The van der Waals surface area contributed by atoms with Crippen molar-refractivity contribution in [1.29, 1.82) is 0 Å². The van der Waals surface area contributed by atoms with Crippen LogP contribution in [0.15, 0.2) is 54.3 Å². The molecule has 5 rings (SSSR count). The maximum atomic E-state index is 13.8. The van der Waals surface area contributed by atoms with Crippen molar-refractivity contribution in [2.75, 3.05) is 26.2 Å². The van der Waals surface area contributed by atoms with Gasteiger partial charge in [-0.05, 0) is 30.7 Å². The van der Waals surface area contributed by atoms with Crippen molar-refractivity contribution in [2.45, 2.75) is 25.0 Å². The van der Waals surface area contributed by atoms with Crippen LogP contribution in [0.25, 0.3) is 0 Å². The van der Waals surface area contributed by atoms with Crippen LogP contribution in [0.3, 0.4) is 0 Å². The van der Waals surface area contributed by atoms with E-state index in [1.807, 2.05) is 37.3 Å². The summed E-state index contributed by atoms with van der Waals surface area (Å²) in [5.41, 5.74) is 0.949. The zero-order chi connectivity index (χ0) is 22.1. The molecule has 2 aliphatic rings. The van der Waals surface area contributed by atoms with Crippen molar-refractivity contribution >= 4 is 23.2 Å². The van der Waals surface area contributed by atoms with Crippen LogP contribution in [0.2, 0.25) is 0 Å². The molecule has 5 heterocycles. The summed E-state index contributed by atoms with van der Waals surface area (Å²) < 4.78 is 6.24. The second kappa shape index (κ2) is 8.40. The number of aromatic nitrogens is 3. The Kier molecular flexibility index (Phi) is 5.44. The maximum absolute atomic E-state index is 13.8. The largest absolute Gasteiger partial charge is 0.361 e. The molecule has 0 aromatic carbocycles. The summed E-state index contributed by atoms with van der Waals surface area (Å²) in [6, 6.07) is 9.45. The molecule has 0 saturated carbocycles. The van der Waals surface area contributed by atoms with Crippen LogP contribution in [0, 0.1) is 6.92 Å². The van der Waals surface area contributed by atoms with E-state index < -0.39 is 5.60 Å². The number of likely N-dealkylation sites (tertiary alicyclic amines) is 1. The van der Waals surface area contributed by atoms with Crippen molar-refractivity contribution in [2.24, 2.45) is 0 Å². The van der Waals surface area contributed by atoms with Gasteiger partial charge in [0.1, 0.15) is 5.69 Å². The smallest absolute Gasteiger partial charge is 0.273 e. The number of aryl methyl sites for hydroxylation is 1. The van der Waals surface area contributed by atoms with Gasteiger partial charge in [0, 0.05) is 43.0 Å². The minimum absolute atomic E-state index is 0.118. The molecular formula is C23H23N5O3S. The highest BCUT2D eigenvalue weighted by atomic mass is 32.1. The van der Waals surface area contributed by atoms with Gasteiger partial charge in [0.2, 0.25) is 0 Å². The Hall–Kier alpha value is -3.17. The van der Waals surface area contributed by atoms with Gasteiger partial charge in [-0.25, -0.2) is 4.98 Å². The Morgan fingerprint density at radius 3 is 2.91 bits per heavy atom. The van der Waals surface area contributed by atoms with Gasteiger partial charge < -0.3 is 14.5 Å². The van der Waals surface area contributed by atoms with Crippen molar-refractivity contribution < 1.29 is 14.3 Å². The van der Waals surface area contributed by atoms with Gasteiger partial charge in [-0.15, -0.1) is 11.3 Å². The van der Waals surface area contributed by atoms with Crippen molar-refractivity contribution in [3.63, 3.8) is 0 Å². The number of morpholine rings is 1. The molecule has 2 amide bonds. The van der Waals surface area contributed by atoms with Gasteiger partial charge in [0.05, 0.1) is 30.4 Å². The molecule has 2 fully saturated rings. The SMILES string of the molecule is Cc1nc(C(=O)N2C[C@H](c3cccnc3)[C@@]3(C2)OCCN(Cc2ccccn2)C3=O)cs1. The average molecular weight is 450 g/mol. The monoisotopic (exact) mass is 449 g/mol. The Morgan fingerprint density at radius 2 is 2.19 bits per heavy atom. The first kappa shape index (κ1) is 20.7. The Bertz CT molecular complexity index is 1120. The lowest BCUT2D eigenvalue weighted by atomic mass is 9.83. The molecule has 2 atom stereocenters. The summed E-state index contributed by atoms with van der Waals surface area (Å²) in [5.74, 6) is -0.620. The van der Waals surface area contributed by atoms with Crippen LogP contribution < -0.4 is 0 Å². The van der Waals surface area contributed by atoms with Gasteiger partial charge in [0.15, 0.2) is 5.60 Å². The number of carbonyl (C=O) groups excluding carboxylic acids is 2. The lowest BCUT2D eigenvalue weighted by molar-refractivity contribution is -0.172. The van der Waals surface area contributed by atoms with E-state index in [1.54, 1.807) is 33.8 Å². The Balaban J connectivity index is 1.48. The minimum atomic E-state index is -1.16. The number of nitrogens with zero attached hydrogens (tertiary/aromatic N) is 5. The van der Waals surface area contributed by atoms with Crippen LogP contribution in [0.1, 0.15) is 32.7 Å². The summed E-state index contributed by atoms with van der Waals surface area (Å²) in [6.45, 7) is 3.70. The van der Waals surface area contributed by atoms with E-state index >= 15 is 0 Å². The van der Waals surface area contributed by atoms with Gasteiger partial charge in [0.25, 0.3) is 11.8 Å². The quantitative estimate of drug-likeness (QED) is 0.607. The van der Waals surface area contributed by atoms with E-state index in [0.29, 0.717) is 31.9 Å². The van der Waals surface area contributed by atoms with Gasteiger partial charge in [-0.3, -0.25) is 19.6 Å². The zero-order valence-corrected chi connectivity index (χ0v) is 18.5. The first-order valence-electron chi connectivity index (χ1n) is 10.5. The molecule has 164 valence electrons. The third-order valence-electron chi connectivity index (χ3n) is 6.05. The molecule has 3 aromatic heterocycles. The normalized spacial score (nSPS) is 23.2. The number of pyridine rings is 2. The van der Waals surface area contributed by atoms with E-state index in [1.165, 1.54) is 11.3 Å². The summed E-state index contributed by atoms with van der Waals surface area (Å²) in [6.07, 6.45) is 5.17. The fraction of sp³-hybridized carbons (Fsp3) is 0.348. The summed E-state index contributed by atoms with van der Waals surface area (Å²) in [7, 11) is 0. The topological polar surface area (TPSA) is 88.5 Å². The Morgan fingerprint density at radius 1 is 1.28 bits per heavy atom. The third kappa shape index (κ3) is 3.67. The van der Waals surface area contributed by atoms with E-state index in [9.17, 15) is 9.59 Å². The molecule has 2 aliphatic heterocycles. The zero-order valence-electron chi connectivity index (χ0n) is 17.7. The fourth-order valence-electron chi connectivity index (χ4n) is 4.53.